The normalized spacial score (nSPS) is 28.8. The van der Waals surface area contributed by atoms with Crippen LogP contribution in [0.15, 0.2) is 18.2 Å². The fourth-order valence-electron chi connectivity index (χ4n) is 5.69. The number of benzene rings is 1. The monoisotopic (exact) mass is 455 g/mol. The van der Waals surface area contributed by atoms with Crippen molar-refractivity contribution < 1.29 is 23.9 Å². The van der Waals surface area contributed by atoms with Crippen LogP contribution in [0.2, 0.25) is 0 Å². The number of nitrogens with zero attached hydrogens (tertiary/aromatic N) is 2. The number of hydrogen-bond acceptors (Lipinski definition) is 6. The topological polar surface area (TPSA) is 88.2 Å². The van der Waals surface area contributed by atoms with Gasteiger partial charge in [-0.15, -0.1) is 0 Å². The van der Waals surface area contributed by atoms with Crippen molar-refractivity contribution in [1.29, 1.82) is 0 Å². The van der Waals surface area contributed by atoms with Gasteiger partial charge in [0.1, 0.15) is 17.9 Å². The summed E-state index contributed by atoms with van der Waals surface area (Å²) >= 11 is 0. The van der Waals surface area contributed by atoms with Crippen molar-refractivity contribution in [1.82, 2.24) is 15.1 Å². The molecule has 8 nitrogen and oxygen atoms in total. The molecule has 1 N–H and O–H groups in total. The van der Waals surface area contributed by atoms with E-state index in [1.807, 2.05) is 25.1 Å². The molecular formula is C25H33N3O5. The average molecular weight is 456 g/mol. The third-order valence-electron chi connectivity index (χ3n) is 7.45. The summed E-state index contributed by atoms with van der Waals surface area (Å²) in [6, 6.07) is 5.45. The van der Waals surface area contributed by atoms with Crippen molar-refractivity contribution in [2.24, 2.45) is 0 Å². The molecule has 3 heterocycles. The van der Waals surface area contributed by atoms with Crippen molar-refractivity contribution in [2.45, 2.75) is 82.7 Å². The molecule has 1 aromatic carbocycles. The largest absolute Gasteiger partial charge is 0.489 e. The Labute approximate surface area is 194 Å². The van der Waals surface area contributed by atoms with Crippen LogP contribution in [0.25, 0.3) is 0 Å². The maximum Gasteiger partial charge on any atom is 0.255 e. The maximum atomic E-state index is 12.9. The molecule has 1 aliphatic carbocycles. The number of rotatable bonds is 6. The van der Waals surface area contributed by atoms with Gasteiger partial charge in [-0.2, -0.15) is 0 Å². The van der Waals surface area contributed by atoms with Crippen molar-refractivity contribution in [3.63, 3.8) is 0 Å². The van der Waals surface area contributed by atoms with Gasteiger partial charge in [-0.3, -0.25) is 24.6 Å². The molecule has 4 aliphatic rings. The SMILES string of the molecule is CCOC1CN([C@H]2CCCCC[C@H]2Oc2ccc3c(c2)CN(C2CCC(=O)NC2=O)C3=O)C1. The summed E-state index contributed by atoms with van der Waals surface area (Å²) in [5.41, 5.74) is 1.50. The van der Waals surface area contributed by atoms with Gasteiger partial charge in [0.05, 0.1) is 6.10 Å². The van der Waals surface area contributed by atoms with Crippen molar-refractivity contribution in [3.05, 3.63) is 29.3 Å². The van der Waals surface area contributed by atoms with E-state index in [9.17, 15) is 14.4 Å². The van der Waals surface area contributed by atoms with Crippen LogP contribution in [0.3, 0.4) is 0 Å². The first-order valence-corrected chi connectivity index (χ1v) is 12.3. The lowest BCUT2D eigenvalue weighted by Gasteiger charge is -2.46. The molecule has 3 amide bonds. The number of amides is 3. The van der Waals surface area contributed by atoms with Gasteiger partial charge in [-0.1, -0.05) is 12.8 Å². The van der Waals surface area contributed by atoms with Crippen molar-refractivity contribution in [2.75, 3.05) is 19.7 Å². The van der Waals surface area contributed by atoms with E-state index >= 15 is 0 Å². The van der Waals surface area contributed by atoms with Gasteiger partial charge in [-0.25, -0.2) is 0 Å². The van der Waals surface area contributed by atoms with Crippen LogP contribution in [-0.2, 0) is 20.9 Å². The zero-order valence-corrected chi connectivity index (χ0v) is 19.3. The Bertz CT molecular complexity index is 929. The Morgan fingerprint density at radius 1 is 1.06 bits per heavy atom. The second-order valence-corrected chi connectivity index (χ2v) is 9.61. The van der Waals surface area contributed by atoms with E-state index in [0.29, 0.717) is 30.7 Å². The summed E-state index contributed by atoms with van der Waals surface area (Å²) in [6.07, 6.45) is 6.87. The molecule has 2 saturated heterocycles. The highest BCUT2D eigenvalue weighted by Crippen LogP contribution is 2.33. The van der Waals surface area contributed by atoms with Gasteiger partial charge in [-0.05, 0) is 56.4 Å². The van der Waals surface area contributed by atoms with Crippen molar-refractivity contribution >= 4 is 17.7 Å². The number of hydrogen-bond donors (Lipinski definition) is 1. The minimum Gasteiger partial charge on any atom is -0.489 e. The standard InChI is InChI=1S/C25H33N3O5/c1-2-32-18-14-27(15-18)20-6-4-3-5-7-22(20)33-17-8-9-19-16(12-17)13-28(25(19)31)21-10-11-23(29)26-24(21)30/h8-9,12,18,20-22H,2-7,10-11,13-15H2,1H3,(H,26,29,30)/t20-,21?,22+/m0/s1. The quantitative estimate of drug-likeness (QED) is 0.523. The number of carbonyl (C=O) groups is 3. The van der Waals surface area contributed by atoms with Gasteiger partial charge in [0.2, 0.25) is 11.8 Å². The Balaban J connectivity index is 1.27. The lowest BCUT2D eigenvalue weighted by atomic mass is 9.98. The molecule has 3 aliphatic heterocycles. The molecule has 0 aromatic heterocycles. The Kier molecular flexibility index (Phi) is 6.38. The van der Waals surface area contributed by atoms with E-state index in [1.165, 1.54) is 12.8 Å². The molecule has 33 heavy (non-hydrogen) atoms. The average Bonchev–Trinajstić information content (AvgIpc) is 2.92. The molecule has 1 unspecified atom stereocenters. The zero-order chi connectivity index (χ0) is 22.9. The smallest absolute Gasteiger partial charge is 0.255 e. The molecule has 5 rings (SSSR count). The van der Waals surface area contributed by atoms with E-state index in [2.05, 4.69) is 10.2 Å². The predicted octanol–water partition coefficient (Wildman–Crippen LogP) is 2.25. The van der Waals surface area contributed by atoms with E-state index in [1.54, 1.807) is 4.90 Å². The predicted molar refractivity (Wildman–Crippen MR) is 121 cm³/mol. The van der Waals surface area contributed by atoms with Gasteiger partial charge in [0.15, 0.2) is 0 Å². The third kappa shape index (κ3) is 4.51. The van der Waals surface area contributed by atoms with Crippen LogP contribution in [0, 0.1) is 0 Å². The Morgan fingerprint density at radius 2 is 1.88 bits per heavy atom. The number of piperidine rings is 1. The van der Waals surface area contributed by atoms with Crippen LogP contribution in [-0.4, -0.2) is 71.5 Å². The molecule has 3 fully saturated rings. The number of likely N-dealkylation sites (tertiary alicyclic amines) is 1. The summed E-state index contributed by atoms with van der Waals surface area (Å²) in [5, 5.41) is 2.35. The fraction of sp³-hybridized carbons (Fsp3) is 0.640. The highest BCUT2D eigenvalue weighted by Gasteiger charge is 2.40. The van der Waals surface area contributed by atoms with Gasteiger partial charge in [0.25, 0.3) is 5.91 Å². The van der Waals surface area contributed by atoms with Gasteiger partial charge < -0.3 is 14.4 Å². The van der Waals surface area contributed by atoms with Crippen LogP contribution >= 0.6 is 0 Å². The summed E-state index contributed by atoms with van der Waals surface area (Å²) in [6.45, 7) is 5.11. The van der Waals surface area contributed by atoms with E-state index in [4.69, 9.17) is 9.47 Å². The maximum absolute atomic E-state index is 12.9. The molecule has 178 valence electrons. The van der Waals surface area contributed by atoms with Crippen molar-refractivity contribution in [3.8, 4) is 5.75 Å². The molecule has 3 atom stereocenters. The lowest BCUT2D eigenvalue weighted by Crippen LogP contribution is -2.60. The first-order valence-electron chi connectivity index (χ1n) is 12.3. The summed E-state index contributed by atoms with van der Waals surface area (Å²) < 4.78 is 12.3. The molecule has 8 heteroatoms. The number of carbonyl (C=O) groups excluding carboxylic acids is 3. The van der Waals surface area contributed by atoms with E-state index in [-0.39, 0.29) is 30.2 Å². The van der Waals surface area contributed by atoms with Crippen LogP contribution < -0.4 is 10.1 Å². The van der Waals surface area contributed by atoms with Gasteiger partial charge >= 0.3 is 0 Å². The minimum absolute atomic E-state index is 0.122. The Hall–Kier alpha value is -2.45. The zero-order valence-electron chi connectivity index (χ0n) is 19.3. The first-order chi connectivity index (χ1) is 16.0. The first kappa shape index (κ1) is 22.3. The van der Waals surface area contributed by atoms with Crippen LogP contribution in [0.5, 0.6) is 5.75 Å². The number of ether oxygens (including phenoxy) is 2. The highest BCUT2D eigenvalue weighted by molar-refractivity contribution is 6.05. The second kappa shape index (κ2) is 9.43. The summed E-state index contributed by atoms with van der Waals surface area (Å²) in [5.74, 6) is -0.0275. The number of imide groups is 1. The van der Waals surface area contributed by atoms with Gasteiger partial charge in [0, 0.05) is 44.3 Å². The second-order valence-electron chi connectivity index (χ2n) is 9.61. The summed E-state index contributed by atoms with van der Waals surface area (Å²) in [7, 11) is 0. The third-order valence-corrected chi connectivity index (χ3v) is 7.45. The molecule has 1 saturated carbocycles. The van der Waals surface area contributed by atoms with Crippen LogP contribution in [0.4, 0.5) is 0 Å². The number of fused-ring (bicyclic) bond motifs is 1. The molecule has 0 spiro atoms. The molecule has 0 radical (unpaired) electrons. The Morgan fingerprint density at radius 3 is 2.67 bits per heavy atom. The molecule has 0 bridgehead atoms. The fourth-order valence-corrected chi connectivity index (χ4v) is 5.69. The number of nitrogens with one attached hydrogen (secondary N) is 1. The summed E-state index contributed by atoms with van der Waals surface area (Å²) in [4.78, 5) is 40.8. The van der Waals surface area contributed by atoms with Crippen LogP contribution in [0.1, 0.15) is 67.8 Å². The lowest BCUT2D eigenvalue weighted by molar-refractivity contribution is -0.136. The van der Waals surface area contributed by atoms with E-state index in [0.717, 1.165) is 50.3 Å². The highest BCUT2D eigenvalue weighted by atomic mass is 16.5. The molecular weight excluding hydrogens is 422 g/mol. The minimum atomic E-state index is -0.595. The van der Waals surface area contributed by atoms with E-state index < -0.39 is 6.04 Å². The molecule has 1 aromatic rings.